The van der Waals surface area contributed by atoms with Gasteiger partial charge in [-0.3, -0.25) is 0 Å². The fourth-order valence-corrected chi connectivity index (χ4v) is 13.6. The smallest absolute Gasteiger partial charge is 1.00 e. The van der Waals surface area contributed by atoms with E-state index in [-0.39, 0.29) is 24.8 Å². The van der Waals surface area contributed by atoms with E-state index < -0.39 is 18.0 Å². The van der Waals surface area contributed by atoms with Crippen LogP contribution in [-0.2, 0) is 36.2 Å². The molecule has 7 heteroatoms. The molecular weight excluding hydrogens is 944 g/mol. The molecule has 6 aromatic carbocycles. The molecule has 4 bridgehead atoms. The zero-order valence-electron chi connectivity index (χ0n) is 39.4. The Hall–Kier alpha value is -2.43. The molecule has 346 valence electrons. The van der Waals surface area contributed by atoms with Crippen LogP contribution in [0.25, 0.3) is 43.8 Å². The Morgan fingerprint density at radius 1 is 0.631 bits per heavy atom. The molecule has 2 atom stereocenters. The molecule has 0 N–H and O–H groups in total. The summed E-state index contributed by atoms with van der Waals surface area (Å²) in [6, 6.07) is 42.5. The minimum absolute atomic E-state index is 0. The summed E-state index contributed by atoms with van der Waals surface area (Å²) in [6.07, 6.45) is 15.2. The monoisotopic (exact) mass is 1010 g/mol. The maximum atomic E-state index is 11.4. The maximum absolute atomic E-state index is 11.4. The van der Waals surface area contributed by atoms with Crippen LogP contribution >= 0.6 is 0 Å². The van der Waals surface area contributed by atoms with Gasteiger partial charge in [0.1, 0.15) is 0 Å². The molecule has 0 aliphatic heterocycles. The van der Waals surface area contributed by atoms with Gasteiger partial charge in [0, 0.05) is 0 Å². The SMILES string of the molecule is CCC(C)c1ccc(-c2cccc3[cH-]c(CC45CCC(CC4)C5)cc23)cc1.CCC(C)c1ccc(-c2cccc3[cH-]c(CC45CCC(CC4)C5)cc23)cc1.C[Si](=[Zr+2])CCC(F)(F)F.[Cl-].[Cl-]. The topological polar surface area (TPSA) is 0 Å². The van der Waals surface area contributed by atoms with Crippen molar-refractivity contribution in [1.29, 1.82) is 0 Å². The van der Waals surface area contributed by atoms with Crippen LogP contribution in [0.15, 0.2) is 109 Å². The van der Waals surface area contributed by atoms with Gasteiger partial charge in [-0.05, 0) is 147 Å². The van der Waals surface area contributed by atoms with E-state index in [1.807, 2.05) is 6.55 Å². The van der Waals surface area contributed by atoms with Crippen LogP contribution in [0.3, 0.4) is 0 Å². The van der Waals surface area contributed by atoms with E-state index in [1.54, 1.807) is 11.1 Å². The minimum atomic E-state index is -3.93. The Bertz CT molecular complexity index is 2300. The largest absolute Gasteiger partial charge is 1.00 e. The van der Waals surface area contributed by atoms with E-state index in [1.165, 1.54) is 168 Å². The fourth-order valence-electron chi connectivity index (χ4n) is 12.1. The Labute approximate surface area is 416 Å². The second-order valence-corrected chi connectivity index (χ2v) is 29.1. The molecule has 0 aromatic heterocycles. The van der Waals surface area contributed by atoms with Crippen molar-refractivity contribution >= 4 is 27.0 Å². The van der Waals surface area contributed by atoms with E-state index in [9.17, 15) is 13.2 Å². The maximum Gasteiger partial charge on any atom is -1.00 e. The standard InChI is InChI=1S/2C27H31.C4H7F3Si.2ClH.Zr/c2*1-3-19(2)22-7-9-23(10-8-22)25-6-4-5-24-15-21(16-26(24)25)18-27-13-11-20(17-27)12-14-27;1-8-3-2-4(5,6)7;;;/h2*4-10,15-16,19-20H,3,11-14,17-18H2,1-2H3;2-3H2,1H3;2*1H;/q2*-1;;;;+2/p-2. The summed E-state index contributed by atoms with van der Waals surface area (Å²) in [6.45, 7) is 11.1. The molecule has 0 amide bonds. The van der Waals surface area contributed by atoms with Crippen LogP contribution in [0, 0.1) is 22.7 Å². The molecule has 4 aliphatic carbocycles. The third-order valence-corrected chi connectivity index (χ3v) is 19.0. The number of rotatable bonds is 12. The zero-order chi connectivity index (χ0) is 44.4. The molecule has 0 radical (unpaired) electrons. The summed E-state index contributed by atoms with van der Waals surface area (Å²) in [5.74, 6) is 3.35. The Morgan fingerprint density at radius 3 is 1.31 bits per heavy atom. The van der Waals surface area contributed by atoms with Gasteiger partial charge in [0.25, 0.3) is 0 Å². The van der Waals surface area contributed by atoms with Crippen molar-refractivity contribution in [2.75, 3.05) is 0 Å². The normalized spacial score (nSPS) is 22.7. The van der Waals surface area contributed by atoms with Gasteiger partial charge in [0.2, 0.25) is 0 Å². The first-order chi connectivity index (χ1) is 30.2. The van der Waals surface area contributed by atoms with Crippen molar-refractivity contribution in [1.82, 2.24) is 0 Å². The molecule has 0 spiro atoms. The second-order valence-electron chi connectivity index (χ2n) is 20.8. The van der Waals surface area contributed by atoms with E-state index in [0.29, 0.717) is 28.7 Å². The Kier molecular flexibility index (Phi) is 17.8. The molecule has 4 saturated carbocycles. The van der Waals surface area contributed by atoms with Crippen LogP contribution in [0.1, 0.15) is 145 Å². The molecule has 65 heavy (non-hydrogen) atoms. The summed E-state index contributed by atoms with van der Waals surface area (Å²) in [4.78, 5) is 0. The molecule has 0 nitrogen and oxygen atoms in total. The third kappa shape index (κ3) is 12.6. The molecule has 2 unspecified atom stereocenters. The Morgan fingerprint density at radius 2 is 1.02 bits per heavy atom. The third-order valence-electron chi connectivity index (χ3n) is 16.1. The summed E-state index contributed by atoms with van der Waals surface area (Å²) in [7, 11) is 0. The average Bonchev–Trinajstić information content (AvgIpc) is 4.16. The van der Waals surface area contributed by atoms with Gasteiger partial charge in [-0.25, -0.2) is 0 Å². The predicted octanol–water partition coefficient (Wildman–Crippen LogP) is 11.8. The minimum Gasteiger partial charge on any atom is -1.00 e. The molecule has 0 heterocycles. The molecule has 6 aromatic rings. The number of fused-ring (bicyclic) bond motifs is 6. The van der Waals surface area contributed by atoms with Crippen molar-refractivity contribution < 1.29 is 61.3 Å². The zero-order valence-corrected chi connectivity index (χ0v) is 44.4. The van der Waals surface area contributed by atoms with Gasteiger partial charge in [-0.15, -0.1) is 69.1 Å². The summed E-state index contributed by atoms with van der Waals surface area (Å²) in [5.41, 5.74) is 12.2. The first-order valence-electron chi connectivity index (χ1n) is 24.4. The van der Waals surface area contributed by atoms with Gasteiger partial charge >= 0.3 is 67.1 Å². The van der Waals surface area contributed by atoms with Crippen molar-refractivity contribution in [3.8, 4) is 22.3 Å². The summed E-state index contributed by atoms with van der Waals surface area (Å²) < 4.78 is 34.3. The fraction of sp³-hybridized carbons (Fsp3) is 0.483. The molecule has 10 rings (SSSR count). The number of alkyl halides is 3. The number of benzene rings is 4. The van der Waals surface area contributed by atoms with Gasteiger partial charge < -0.3 is 24.8 Å². The van der Waals surface area contributed by atoms with E-state index in [4.69, 9.17) is 0 Å². The van der Waals surface area contributed by atoms with Gasteiger partial charge in [0.05, 0.1) is 0 Å². The summed E-state index contributed by atoms with van der Waals surface area (Å²) >= 11 is 1.29. The van der Waals surface area contributed by atoms with Crippen molar-refractivity contribution in [2.45, 2.75) is 155 Å². The van der Waals surface area contributed by atoms with Gasteiger partial charge in [-0.2, -0.15) is 12.1 Å². The summed E-state index contributed by atoms with van der Waals surface area (Å²) in [5, 5.41) is 5.70. The number of halogens is 5. The average molecular weight is 1010 g/mol. The van der Waals surface area contributed by atoms with E-state index >= 15 is 0 Å². The first kappa shape index (κ1) is 52.0. The predicted molar refractivity (Wildman–Crippen MR) is 260 cm³/mol. The van der Waals surface area contributed by atoms with Crippen LogP contribution in [0.2, 0.25) is 12.6 Å². The van der Waals surface area contributed by atoms with Crippen LogP contribution in [0.4, 0.5) is 13.2 Å². The van der Waals surface area contributed by atoms with Crippen molar-refractivity contribution in [3.63, 3.8) is 0 Å². The first-order valence-corrected chi connectivity index (χ1v) is 30.3. The van der Waals surface area contributed by atoms with E-state index in [2.05, 4.69) is 137 Å². The van der Waals surface area contributed by atoms with Crippen LogP contribution < -0.4 is 24.8 Å². The number of hydrogen-bond donors (Lipinski definition) is 0. The van der Waals surface area contributed by atoms with Crippen molar-refractivity contribution in [2.24, 2.45) is 22.7 Å². The molecular formula is C58H69Cl2F3SiZr-2. The van der Waals surface area contributed by atoms with Crippen molar-refractivity contribution in [3.05, 3.63) is 131 Å². The van der Waals surface area contributed by atoms with E-state index in [0.717, 1.165) is 11.8 Å². The Balaban J connectivity index is 0.000000177. The van der Waals surface area contributed by atoms with Gasteiger partial charge in [-0.1, -0.05) is 99.5 Å². The molecule has 4 aliphatic rings. The molecule has 0 saturated heterocycles. The van der Waals surface area contributed by atoms with Gasteiger partial charge in [0.15, 0.2) is 0 Å². The quantitative estimate of drug-likeness (QED) is 0.0847. The second kappa shape index (κ2) is 22.3. The number of hydrogen-bond acceptors (Lipinski definition) is 0. The van der Waals surface area contributed by atoms with Crippen LogP contribution in [-0.4, -0.2) is 11.6 Å². The van der Waals surface area contributed by atoms with Crippen LogP contribution in [0.5, 0.6) is 0 Å². The molecule has 4 fully saturated rings.